The smallest absolute Gasteiger partial charge is 0.407 e. The molecule has 0 saturated carbocycles. The third-order valence-electron chi connectivity index (χ3n) is 2.88. The summed E-state index contributed by atoms with van der Waals surface area (Å²) in [4.78, 5) is 15.7. The predicted molar refractivity (Wildman–Crippen MR) is 112 cm³/mol. The zero-order valence-corrected chi connectivity index (χ0v) is 17.6. The lowest BCUT2D eigenvalue weighted by Gasteiger charge is -2.19. The summed E-state index contributed by atoms with van der Waals surface area (Å²) >= 11 is 0. The van der Waals surface area contributed by atoms with Gasteiger partial charge in [0.25, 0.3) is 0 Å². The first kappa shape index (κ1) is 23.3. The highest BCUT2D eigenvalue weighted by Crippen LogP contribution is 2.16. The SMILES string of the molecule is COc1cccc(NC(N)=NCCCCNC(=O)OC(C)(C)C)c1.I. The van der Waals surface area contributed by atoms with Crippen molar-refractivity contribution in [1.29, 1.82) is 0 Å². The number of rotatable bonds is 7. The van der Waals surface area contributed by atoms with Crippen LogP contribution in [-0.4, -0.2) is 37.9 Å². The summed E-state index contributed by atoms with van der Waals surface area (Å²) in [6, 6.07) is 7.45. The number of guanidine groups is 1. The number of ether oxygens (including phenoxy) is 2. The zero-order chi connectivity index (χ0) is 18.0. The van der Waals surface area contributed by atoms with Crippen LogP contribution in [0.5, 0.6) is 5.75 Å². The van der Waals surface area contributed by atoms with Gasteiger partial charge in [0, 0.05) is 24.8 Å². The molecular weight excluding hydrogens is 435 g/mol. The third-order valence-corrected chi connectivity index (χ3v) is 2.88. The fourth-order valence-corrected chi connectivity index (χ4v) is 1.83. The van der Waals surface area contributed by atoms with Gasteiger partial charge in [-0.15, -0.1) is 24.0 Å². The van der Waals surface area contributed by atoms with Crippen LogP contribution in [0.3, 0.4) is 0 Å². The number of alkyl carbamates (subject to hydrolysis) is 1. The van der Waals surface area contributed by atoms with Crippen LogP contribution < -0.4 is 21.1 Å². The average Bonchev–Trinajstić information content (AvgIpc) is 2.49. The average molecular weight is 464 g/mol. The number of unbranched alkanes of at least 4 members (excludes halogenated alkanes) is 1. The van der Waals surface area contributed by atoms with Crippen LogP contribution in [0.1, 0.15) is 33.6 Å². The van der Waals surface area contributed by atoms with E-state index >= 15 is 0 Å². The van der Waals surface area contributed by atoms with Gasteiger partial charge in [-0.1, -0.05) is 6.07 Å². The molecule has 8 heteroatoms. The van der Waals surface area contributed by atoms with Crippen LogP contribution in [-0.2, 0) is 4.74 Å². The van der Waals surface area contributed by atoms with E-state index in [9.17, 15) is 4.79 Å². The number of halogens is 1. The first-order valence-electron chi connectivity index (χ1n) is 7.98. The molecular formula is C17H29IN4O3. The summed E-state index contributed by atoms with van der Waals surface area (Å²) in [5, 5.41) is 5.72. The molecule has 0 unspecified atom stereocenters. The highest BCUT2D eigenvalue weighted by molar-refractivity contribution is 14.0. The molecule has 7 nitrogen and oxygen atoms in total. The van der Waals surface area contributed by atoms with Gasteiger partial charge in [-0.25, -0.2) is 4.79 Å². The zero-order valence-electron chi connectivity index (χ0n) is 15.3. The number of hydrogen-bond donors (Lipinski definition) is 3. The molecule has 0 radical (unpaired) electrons. The Labute approximate surface area is 166 Å². The van der Waals surface area contributed by atoms with Crippen molar-refractivity contribution in [3.05, 3.63) is 24.3 Å². The Balaban J connectivity index is 0.00000576. The maximum atomic E-state index is 11.5. The molecule has 0 aromatic heterocycles. The second-order valence-electron chi connectivity index (χ2n) is 6.26. The van der Waals surface area contributed by atoms with Crippen LogP contribution in [0.2, 0.25) is 0 Å². The van der Waals surface area contributed by atoms with E-state index in [1.165, 1.54) is 0 Å². The molecule has 1 amide bonds. The second kappa shape index (κ2) is 11.8. The van der Waals surface area contributed by atoms with Gasteiger partial charge in [-0.3, -0.25) is 4.99 Å². The Kier molecular flexibility index (Phi) is 11.0. The van der Waals surface area contributed by atoms with E-state index in [-0.39, 0.29) is 24.0 Å². The van der Waals surface area contributed by atoms with E-state index in [1.807, 2.05) is 45.0 Å². The minimum Gasteiger partial charge on any atom is -0.497 e. The van der Waals surface area contributed by atoms with Crippen molar-refractivity contribution in [3.63, 3.8) is 0 Å². The van der Waals surface area contributed by atoms with E-state index in [0.29, 0.717) is 19.0 Å². The van der Waals surface area contributed by atoms with E-state index in [0.717, 1.165) is 24.3 Å². The van der Waals surface area contributed by atoms with E-state index < -0.39 is 11.7 Å². The lowest BCUT2D eigenvalue weighted by molar-refractivity contribution is 0.0527. The van der Waals surface area contributed by atoms with Crippen LogP contribution in [0, 0.1) is 0 Å². The molecule has 0 spiro atoms. The summed E-state index contributed by atoms with van der Waals surface area (Å²) < 4.78 is 10.3. The topological polar surface area (TPSA) is 98.0 Å². The number of anilines is 1. The van der Waals surface area contributed by atoms with Gasteiger partial charge < -0.3 is 25.8 Å². The molecule has 1 aromatic rings. The molecule has 1 aromatic carbocycles. The summed E-state index contributed by atoms with van der Waals surface area (Å²) in [5.41, 5.74) is 6.18. The molecule has 0 bridgehead atoms. The molecule has 0 fully saturated rings. The Morgan fingerprint density at radius 1 is 1.28 bits per heavy atom. The number of carbonyl (C=O) groups is 1. The van der Waals surface area contributed by atoms with Gasteiger partial charge in [-0.05, 0) is 45.7 Å². The lowest BCUT2D eigenvalue weighted by Crippen LogP contribution is -2.33. The van der Waals surface area contributed by atoms with Gasteiger partial charge in [0.2, 0.25) is 0 Å². The fraction of sp³-hybridized carbons (Fsp3) is 0.529. The second-order valence-corrected chi connectivity index (χ2v) is 6.26. The number of hydrogen-bond acceptors (Lipinski definition) is 4. The summed E-state index contributed by atoms with van der Waals surface area (Å²) in [5.74, 6) is 1.10. The molecule has 0 aliphatic rings. The Hall–Kier alpha value is -1.71. The number of nitrogens with zero attached hydrogens (tertiary/aromatic N) is 1. The highest BCUT2D eigenvalue weighted by Gasteiger charge is 2.15. The normalized spacial score (nSPS) is 11.3. The number of amides is 1. The van der Waals surface area contributed by atoms with Crippen molar-refractivity contribution in [1.82, 2.24) is 5.32 Å². The van der Waals surface area contributed by atoms with Crippen molar-refractivity contribution in [2.45, 2.75) is 39.2 Å². The number of nitrogens with two attached hydrogens (primary N) is 1. The van der Waals surface area contributed by atoms with Crippen molar-refractivity contribution < 1.29 is 14.3 Å². The summed E-state index contributed by atoms with van der Waals surface area (Å²) in [6.07, 6.45) is 1.22. The monoisotopic (exact) mass is 464 g/mol. The van der Waals surface area contributed by atoms with Crippen LogP contribution in [0.15, 0.2) is 29.3 Å². The van der Waals surface area contributed by atoms with Crippen LogP contribution in [0.25, 0.3) is 0 Å². The van der Waals surface area contributed by atoms with Crippen molar-refractivity contribution in [2.24, 2.45) is 10.7 Å². The number of methoxy groups -OCH3 is 1. The van der Waals surface area contributed by atoms with E-state index in [4.69, 9.17) is 15.2 Å². The first-order valence-corrected chi connectivity index (χ1v) is 7.98. The van der Waals surface area contributed by atoms with E-state index in [1.54, 1.807) is 7.11 Å². The number of benzene rings is 1. The minimum atomic E-state index is -0.478. The fourth-order valence-electron chi connectivity index (χ4n) is 1.83. The number of carbonyl (C=O) groups excluding carboxylic acids is 1. The summed E-state index contributed by atoms with van der Waals surface area (Å²) in [7, 11) is 1.61. The molecule has 0 saturated heterocycles. The Morgan fingerprint density at radius 3 is 2.64 bits per heavy atom. The van der Waals surface area contributed by atoms with Gasteiger partial charge in [-0.2, -0.15) is 0 Å². The summed E-state index contributed by atoms with van der Waals surface area (Å²) in [6.45, 7) is 6.63. The highest BCUT2D eigenvalue weighted by atomic mass is 127. The van der Waals surface area contributed by atoms with Crippen LogP contribution >= 0.6 is 24.0 Å². The van der Waals surface area contributed by atoms with Gasteiger partial charge in [0.15, 0.2) is 5.96 Å². The molecule has 0 heterocycles. The minimum absolute atomic E-state index is 0. The Bertz CT molecular complexity index is 559. The van der Waals surface area contributed by atoms with Crippen LogP contribution in [0.4, 0.5) is 10.5 Å². The van der Waals surface area contributed by atoms with Gasteiger partial charge in [0.1, 0.15) is 11.4 Å². The van der Waals surface area contributed by atoms with Gasteiger partial charge >= 0.3 is 6.09 Å². The van der Waals surface area contributed by atoms with E-state index in [2.05, 4.69) is 15.6 Å². The molecule has 142 valence electrons. The molecule has 25 heavy (non-hydrogen) atoms. The largest absolute Gasteiger partial charge is 0.497 e. The van der Waals surface area contributed by atoms with Gasteiger partial charge in [0.05, 0.1) is 7.11 Å². The standard InChI is InChI=1S/C17H28N4O3.HI/c1-17(2,3)24-16(22)20-11-6-5-10-19-15(18)21-13-8-7-9-14(12-13)23-4;/h7-9,12H,5-6,10-11H2,1-4H3,(H,20,22)(H3,18,19,21);1H. The molecule has 4 N–H and O–H groups in total. The number of aliphatic imine (C=N–C) groups is 1. The maximum Gasteiger partial charge on any atom is 0.407 e. The molecule has 1 rings (SSSR count). The maximum absolute atomic E-state index is 11.5. The predicted octanol–water partition coefficient (Wildman–Crippen LogP) is 3.34. The molecule has 0 aliphatic carbocycles. The third kappa shape index (κ3) is 11.5. The molecule has 0 atom stereocenters. The van der Waals surface area contributed by atoms with Crippen molar-refractivity contribution >= 4 is 41.7 Å². The van der Waals surface area contributed by atoms with Crippen molar-refractivity contribution in [3.8, 4) is 5.75 Å². The number of nitrogens with one attached hydrogen (secondary N) is 2. The Morgan fingerprint density at radius 2 is 2.00 bits per heavy atom. The van der Waals surface area contributed by atoms with Crippen molar-refractivity contribution in [2.75, 3.05) is 25.5 Å². The molecule has 0 aliphatic heterocycles. The quantitative estimate of drug-likeness (QED) is 0.249. The first-order chi connectivity index (χ1) is 11.3. The lowest BCUT2D eigenvalue weighted by atomic mass is 10.2.